The number of carbonyl (C=O) groups excluding carboxylic acids is 1. The smallest absolute Gasteiger partial charge is 0.242 e. The van der Waals surface area contributed by atoms with Crippen molar-refractivity contribution in [2.45, 2.75) is 73.4 Å². The van der Waals surface area contributed by atoms with Gasteiger partial charge < -0.3 is 10.2 Å². The Kier molecular flexibility index (Phi) is 5.07. The molecule has 0 aromatic carbocycles. The van der Waals surface area contributed by atoms with E-state index in [1.807, 2.05) is 0 Å². The number of sulfonamides is 1. The number of nitrogens with one attached hydrogen (secondary N) is 2. The van der Waals surface area contributed by atoms with Crippen LogP contribution in [-0.2, 0) is 14.8 Å². The Labute approximate surface area is 183 Å². The van der Waals surface area contributed by atoms with Gasteiger partial charge in [-0.25, -0.2) is 13.1 Å². The highest BCUT2D eigenvalue weighted by atomic mass is 32.2. The molecule has 3 unspecified atom stereocenters. The summed E-state index contributed by atoms with van der Waals surface area (Å²) in [6.45, 7) is 0.856. The number of nitriles is 1. The number of rotatable bonds is 6. The van der Waals surface area contributed by atoms with E-state index in [2.05, 4.69) is 21.1 Å². The van der Waals surface area contributed by atoms with E-state index < -0.39 is 15.6 Å². The lowest BCUT2D eigenvalue weighted by Gasteiger charge is -2.62. The van der Waals surface area contributed by atoms with Crippen molar-refractivity contribution in [1.82, 2.24) is 19.9 Å². The van der Waals surface area contributed by atoms with E-state index in [-0.39, 0.29) is 28.9 Å². The molecule has 4 aliphatic carbocycles. The fraction of sp³-hybridized carbons (Fsp3) is 0.682. The first kappa shape index (κ1) is 20.9. The molecule has 1 aliphatic heterocycles. The Morgan fingerprint density at radius 3 is 2.68 bits per heavy atom. The van der Waals surface area contributed by atoms with Crippen molar-refractivity contribution in [2.24, 2.45) is 11.8 Å². The summed E-state index contributed by atoms with van der Waals surface area (Å²) < 4.78 is 29.2. The van der Waals surface area contributed by atoms with Gasteiger partial charge in [-0.05, 0) is 75.3 Å². The fourth-order valence-corrected chi connectivity index (χ4v) is 8.39. The summed E-state index contributed by atoms with van der Waals surface area (Å²) in [5, 5.41) is 12.8. The normalized spacial score (nSPS) is 36.5. The third-order valence-electron chi connectivity index (χ3n) is 7.69. The van der Waals surface area contributed by atoms with Crippen LogP contribution in [0.1, 0.15) is 51.4 Å². The maximum atomic E-state index is 13.1. The standard InChI is InChI=1S/C22H29N5O3S/c23-12-18-3-2-6-27(18)20(28)14-25-21-8-16-7-17(9-21)11-22(10-16,15-21)26-31(29,30)19-4-1-5-24-13-19/h1,4-5,13,16-18,25-26H,2-3,6-11,14-15H2. The van der Waals surface area contributed by atoms with Crippen molar-refractivity contribution in [3.8, 4) is 6.07 Å². The van der Waals surface area contributed by atoms with E-state index in [0.717, 1.165) is 44.9 Å². The summed E-state index contributed by atoms with van der Waals surface area (Å²) >= 11 is 0. The molecule has 1 saturated heterocycles. The first-order valence-electron chi connectivity index (χ1n) is 11.2. The zero-order valence-corrected chi connectivity index (χ0v) is 18.4. The van der Waals surface area contributed by atoms with Crippen LogP contribution < -0.4 is 10.0 Å². The molecule has 0 radical (unpaired) electrons. The second-order valence-electron chi connectivity index (χ2n) is 10.0. The van der Waals surface area contributed by atoms with E-state index in [4.69, 9.17) is 0 Å². The summed E-state index contributed by atoms with van der Waals surface area (Å²) in [7, 11) is -3.66. The van der Waals surface area contributed by atoms with Gasteiger partial charge >= 0.3 is 0 Å². The van der Waals surface area contributed by atoms with Crippen molar-refractivity contribution in [3.05, 3.63) is 24.5 Å². The predicted octanol–water partition coefficient (Wildman–Crippen LogP) is 1.56. The minimum absolute atomic E-state index is 0.0233. The maximum Gasteiger partial charge on any atom is 0.242 e. The van der Waals surface area contributed by atoms with Gasteiger partial charge in [-0.1, -0.05) is 0 Å². The van der Waals surface area contributed by atoms with Gasteiger partial charge in [0.25, 0.3) is 0 Å². The molecule has 1 aromatic heterocycles. The molecule has 4 saturated carbocycles. The summed E-state index contributed by atoms with van der Waals surface area (Å²) in [6, 6.07) is 5.12. The quantitative estimate of drug-likeness (QED) is 0.689. The van der Waals surface area contributed by atoms with Gasteiger partial charge in [-0.2, -0.15) is 5.26 Å². The third-order valence-corrected chi connectivity index (χ3v) is 9.26. The van der Waals surface area contributed by atoms with Crippen molar-refractivity contribution >= 4 is 15.9 Å². The van der Waals surface area contributed by atoms with Crippen LogP contribution in [0.4, 0.5) is 0 Å². The number of amides is 1. The van der Waals surface area contributed by atoms with Crippen LogP contribution in [0.25, 0.3) is 0 Å². The Morgan fingerprint density at radius 1 is 1.26 bits per heavy atom. The first-order valence-corrected chi connectivity index (χ1v) is 12.7. The molecule has 8 nitrogen and oxygen atoms in total. The monoisotopic (exact) mass is 443 g/mol. The van der Waals surface area contributed by atoms with Crippen molar-refractivity contribution in [1.29, 1.82) is 5.26 Å². The Bertz CT molecular complexity index is 992. The molecule has 0 spiro atoms. The zero-order valence-electron chi connectivity index (χ0n) is 17.6. The minimum atomic E-state index is -3.66. The Morgan fingerprint density at radius 2 is 2.00 bits per heavy atom. The second kappa shape index (κ2) is 7.54. The third kappa shape index (κ3) is 3.86. The molecular weight excluding hydrogens is 414 g/mol. The van der Waals surface area contributed by atoms with Gasteiger partial charge in [0, 0.05) is 30.0 Å². The van der Waals surface area contributed by atoms with Crippen LogP contribution in [0.3, 0.4) is 0 Å². The molecule has 5 aliphatic rings. The molecule has 166 valence electrons. The molecule has 1 amide bonds. The largest absolute Gasteiger partial charge is 0.326 e. The highest BCUT2D eigenvalue weighted by molar-refractivity contribution is 7.89. The SMILES string of the molecule is N#CC1CCCN1C(=O)CNC12CC3CC(C1)CC(NS(=O)(=O)c1cccnc1)(C3)C2. The number of hydrogen-bond acceptors (Lipinski definition) is 6. The fourth-order valence-electron chi connectivity index (χ4n) is 7.00. The van der Waals surface area contributed by atoms with E-state index >= 15 is 0 Å². The molecule has 9 heteroatoms. The van der Waals surface area contributed by atoms with Gasteiger partial charge in [0.1, 0.15) is 10.9 Å². The first-order chi connectivity index (χ1) is 14.8. The summed E-state index contributed by atoms with van der Waals surface area (Å²) in [6.07, 6.45) is 10.1. The van der Waals surface area contributed by atoms with E-state index in [1.54, 1.807) is 23.2 Å². The van der Waals surface area contributed by atoms with Crippen molar-refractivity contribution in [2.75, 3.05) is 13.1 Å². The van der Waals surface area contributed by atoms with Crippen LogP contribution in [0.15, 0.2) is 29.4 Å². The van der Waals surface area contributed by atoms with E-state index in [9.17, 15) is 18.5 Å². The molecule has 6 rings (SSSR count). The Balaban J connectivity index is 1.32. The van der Waals surface area contributed by atoms with Crippen molar-refractivity contribution < 1.29 is 13.2 Å². The molecule has 2 heterocycles. The number of aromatic nitrogens is 1. The highest BCUT2D eigenvalue weighted by Gasteiger charge is 2.58. The van der Waals surface area contributed by atoms with E-state index in [0.29, 0.717) is 24.8 Å². The van der Waals surface area contributed by atoms with Gasteiger partial charge in [0.05, 0.1) is 12.6 Å². The summed E-state index contributed by atoms with van der Waals surface area (Å²) in [5.74, 6) is 0.892. The van der Waals surface area contributed by atoms with Gasteiger partial charge in [0.15, 0.2) is 0 Å². The lowest BCUT2D eigenvalue weighted by Crippen LogP contribution is -2.69. The summed E-state index contributed by atoms with van der Waals surface area (Å²) in [4.78, 5) is 18.6. The Hall–Kier alpha value is -2.02. The topological polar surface area (TPSA) is 115 Å². The molecule has 4 bridgehead atoms. The molecule has 3 atom stereocenters. The van der Waals surface area contributed by atoms with Crippen molar-refractivity contribution in [3.63, 3.8) is 0 Å². The molecule has 1 aromatic rings. The lowest BCUT2D eigenvalue weighted by molar-refractivity contribution is -0.131. The number of likely N-dealkylation sites (tertiary alicyclic amines) is 1. The lowest BCUT2D eigenvalue weighted by atomic mass is 9.50. The molecular formula is C22H29N5O3S. The van der Waals surface area contributed by atoms with Crippen LogP contribution >= 0.6 is 0 Å². The zero-order chi connectivity index (χ0) is 21.7. The predicted molar refractivity (Wildman–Crippen MR) is 113 cm³/mol. The molecule has 5 fully saturated rings. The van der Waals surface area contributed by atoms with Crippen LogP contribution in [0, 0.1) is 23.2 Å². The number of hydrogen-bond donors (Lipinski definition) is 2. The maximum absolute atomic E-state index is 13.1. The number of nitrogens with zero attached hydrogens (tertiary/aromatic N) is 3. The highest BCUT2D eigenvalue weighted by Crippen LogP contribution is 2.57. The van der Waals surface area contributed by atoms with E-state index in [1.165, 1.54) is 6.20 Å². The van der Waals surface area contributed by atoms with Gasteiger partial charge in [-0.3, -0.25) is 9.78 Å². The molecule has 31 heavy (non-hydrogen) atoms. The summed E-state index contributed by atoms with van der Waals surface area (Å²) in [5.41, 5.74) is -0.698. The van der Waals surface area contributed by atoms with Gasteiger partial charge in [0.2, 0.25) is 15.9 Å². The second-order valence-corrected chi connectivity index (χ2v) is 11.7. The molecule has 2 N–H and O–H groups in total. The van der Waals surface area contributed by atoms with Gasteiger partial charge in [-0.15, -0.1) is 0 Å². The minimum Gasteiger partial charge on any atom is -0.326 e. The van der Waals surface area contributed by atoms with Crippen LogP contribution in [-0.4, -0.2) is 54.4 Å². The average molecular weight is 444 g/mol. The van der Waals surface area contributed by atoms with Crippen LogP contribution in [0.2, 0.25) is 0 Å². The van der Waals surface area contributed by atoms with Crippen LogP contribution in [0.5, 0.6) is 0 Å². The number of pyridine rings is 1. The average Bonchev–Trinajstić information content (AvgIpc) is 3.20. The number of carbonyl (C=O) groups is 1.